The molecule has 3 heterocycles. The number of halogens is 1. The van der Waals surface area contributed by atoms with E-state index in [9.17, 15) is 4.21 Å². The molecule has 1 saturated heterocycles. The number of fused-ring (bicyclic) bond motifs is 1. The summed E-state index contributed by atoms with van der Waals surface area (Å²) in [4.78, 5) is 12.2. The minimum absolute atomic E-state index is 0.612. The Bertz CT molecular complexity index is 742. The minimum atomic E-state index is -0.891. The van der Waals surface area contributed by atoms with Gasteiger partial charge in [-0.05, 0) is 36.5 Å². The minimum Gasteiger partial charge on any atom is -0.341 e. The molecule has 0 aliphatic carbocycles. The van der Waals surface area contributed by atoms with Gasteiger partial charge in [-0.25, -0.2) is 9.97 Å². The third kappa shape index (κ3) is 3.06. The lowest BCUT2D eigenvalue weighted by Gasteiger charge is -2.32. The van der Waals surface area contributed by atoms with E-state index < -0.39 is 10.8 Å². The number of rotatable bonds is 2. The van der Waals surface area contributed by atoms with E-state index in [0.717, 1.165) is 53.4 Å². The molecule has 0 bridgehead atoms. The van der Waals surface area contributed by atoms with Crippen LogP contribution in [0.1, 0.15) is 30.0 Å². The fraction of sp³-hybridized carbons (Fsp3) is 0.412. The zero-order valence-electron chi connectivity index (χ0n) is 12.7. The van der Waals surface area contributed by atoms with E-state index in [4.69, 9.17) is 0 Å². The predicted octanol–water partition coefficient (Wildman–Crippen LogP) is 3.29. The van der Waals surface area contributed by atoms with Crippen molar-refractivity contribution in [1.29, 1.82) is 0 Å². The molecule has 4 nitrogen and oxygen atoms in total. The van der Waals surface area contributed by atoms with Gasteiger partial charge in [0.25, 0.3) is 0 Å². The Labute approximate surface area is 146 Å². The van der Waals surface area contributed by atoms with Crippen LogP contribution in [0.5, 0.6) is 0 Å². The van der Waals surface area contributed by atoms with Crippen LogP contribution in [0.2, 0.25) is 0 Å². The summed E-state index contributed by atoms with van der Waals surface area (Å²) in [6, 6.07) is 8.66. The standard InChI is InChI=1S/C17H18BrN3OS/c18-14-3-1-12(2-4-14)13-5-8-21(9-6-13)17-19-11-16-15(20-17)7-10-23(16)22/h1-4,11,13H,5-10H2. The first kappa shape index (κ1) is 15.3. The second-order valence-corrected chi connectivity index (χ2v) is 8.55. The van der Waals surface area contributed by atoms with Crippen molar-refractivity contribution in [3.05, 3.63) is 46.2 Å². The van der Waals surface area contributed by atoms with Gasteiger partial charge in [-0.2, -0.15) is 0 Å². The van der Waals surface area contributed by atoms with E-state index in [0.29, 0.717) is 11.7 Å². The highest BCUT2D eigenvalue weighted by Crippen LogP contribution is 2.31. The summed E-state index contributed by atoms with van der Waals surface area (Å²) in [6.45, 7) is 1.95. The van der Waals surface area contributed by atoms with Gasteiger partial charge in [-0.15, -0.1) is 0 Å². The number of hydrogen-bond acceptors (Lipinski definition) is 4. The van der Waals surface area contributed by atoms with Gasteiger partial charge < -0.3 is 4.90 Å². The van der Waals surface area contributed by atoms with Gasteiger partial charge in [-0.1, -0.05) is 28.1 Å². The number of piperidine rings is 1. The van der Waals surface area contributed by atoms with Gasteiger partial charge in [0.1, 0.15) is 0 Å². The van der Waals surface area contributed by atoms with Gasteiger partial charge in [0, 0.05) is 35.9 Å². The van der Waals surface area contributed by atoms with E-state index >= 15 is 0 Å². The number of benzene rings is 1. The molecule has 1 aromatic carbocycles. The average molecular weight is 392 g/mol. The summed E-state index contributed by atoms with van der Waals surface area (Å²) >= 11 is 3.49. The van der Waals surface area contributed by atoms with Crippen molar-refractivity contribution in [3.8, 4) is 0 Å². The van der Waals surface area contributed by atoms with Gasteiger partial charge >= 0.3 is 0 Å². The first-order chi connectivity index (χ1) is 11.2. The maximum atomic E-state index is 11.8. The zero-order valence-corrected chi connectivity index (χ0v) is 15.1. The summed E-state index contributed by atoms with van der Waals surface area (Å²) in [6.07, 6.45) is 4.82. The van der Waals surface area contributed by atoms with Crippen molar-refractivity contribution in [2.45, 2.75) is 30.1 Å². The maximum Gasteiger partial charge on any atom is 0.225 e. The highest BCUT2D eigenvalue weighted by molar-refractivity contribution is 9.10. The van der Waals surface area contributed by atoms with Crippen LogP contribution >= 0.6 is 15.9 Å². The molecule has 0 spiro atoms. The Morgan fingerprint density at radius 2 is 1.91 bits per heavy atom. The molecule has 2 aromatic rings. The van der Waals surface area contributed by atoms with Crippen LogP contribution in [0.15, 0.2) is 39.8 Å². The van der Waals surface area contributed by atoms with Crippen LogP contribution in [0, 0.1) is 0 Å². The Kier molecular flexibility index (Phi) is 4.20. The van der Waals surface area contributed by atoms with Crippen molar-refractivity contribution >= 4 is 32.7 Å². The molecule has 0 amide bonds. The number of aryl methyl sites for hydroxylation is 1. The Balaban J connectivity index is 1.45. The molecular formula is C17H18BrN3OS. The molecule has 0 saturated carbocycles. The summed E-state index contributed by atoms with van der Waals surface area (Å²) in [5.74, 6) is 2.11. The molecule has 1 fully saturated rings. The van der Waals surface area contributed by atoms with Crippen LogP contribution in [-0.2, 0) is 17.2 Å². The van der Waals surface area contributed by atoms with Crippen molar-refractivity contribution in [3.63, 3.8) is 0 Å². The van der Waals surface area contributed by atoms with Crippen molar-refractivity contribution < 1.29 is 4.21 Å². The second kappa shape index (κ2) is 6.32. The molecule has 1 atom stereocenters. The van der Waals surface area contributed by atoms with E-state index in [1.807, 2.05) is 0 Å². The van der Waals surface area contributed by atoms with Crippen LogP contribution in [0.3, 0.4) is 0 Å². The number of anilines is 1. The molecule has 1 unspecified atom stereocenters. The van der Waals surface area contributed by atoms with E-state index in [-0.39, 0.29) is 0 Å². The van der Waals surface area contributed by atoms with E-state index in [1.54, 1.807) is 6.20 Å². The fourth-order valence-corrected chi connectivity index (χ4v) is 4.81. The third-order valence-corrected chi connectivity index (χ3v) is 6.64. The smallest absolute Gasteiger partial charge is 0.225 e. The Hall–Kier alpha value is -1.27. The first-order valence-corrected chi connectivity index (χ1v) is 10.1. The van der Waals surface area contributed by atoms with E-state index in [1.165, 1.54) is 5.56 Å². The Morgan fingerprint density at radius 1 is 1.17 bits per heavy atom. The number of hydrogen-bond donors (Lipinski definition) is 0. The number of nitrogens with zero attached hydrogens (tertiary/aromatic N) is 3. The lowest BCUT2D eigenvalue weighted by Crippen LogP contribution is -2.34. The van der Waals surface area contributed by atoms with Gasteiger partial charge in [0.15, 0.2) is 0 Å². The largest absolute Gasteiger partial charge is 0.341 e. The SMILES string of the molecule is O=S1CCc2nc(N3CCC(c4ccc(Br)cc4)CC3)ncc21. The highest BCUT2D eigenvalue weighted by Gasteiger charge is 2.25. The molecule has 6 heteroatoms. The molecule has 0 radical (unpaired) electrons. The summed E-state index contributed by atoms with van der Waals surface area (Å²) in [5.41, 5.74) is 2.39. The second-order valence-electron chi connectivity index (χ2n) is 6.09. The molecule has 23 heavy (non-hydrogen) atoms. The lowest BCUT2D eigenvalue weighted by atomic mass is 9.90. The normalized spacial score (nSPS) is 21.4. The average Bonchev–Trinajstić information content (AvgIpc) is 2.96. The van der Waals surface area contributed by atoms with Gasteiger partial charge in [0.2, 0.25) is 5.95 Å². The molecule has 120 valence electrons. The lowest BCUT2D eigenvalue weighted by molar-refractivity contribution is 0.498. The predicted molar refractivity (Wildman–Crippen MR) is 95.3 cm³/mol. The molecule has 0 N–H and O–H groups in total. The van der Waals surface area contributed by atoms with Crippen molar-refractivity contribution in [2.24, 2.45) is 0 Å². The maximum absolute atomic E-state index is 11.8. The quantitative estimate of drug-likeness (QED) is 0.787. The highest BCUT2D eigenvalue weighted by atomic mass is 79.9. The van der Waals surface area contributed by atoms with Crippen molar-refractivity contribution in [1.82, 2.24) is 9.97 Å². The molecule has 1 aromatic heterocycles. The fourth-order valence-electron chi connectivity index (χ4n) is 3.36. The molecule has 4 rings (SSSR count). The monoisotopic (exact) mass is 391 g/mol. The zero-order chi connectivity index (χ0) is 15.8. The Morgan fingerprint density at radius 3 is 2.65 bits per heavy atom. The summed E-state index contributed by atoms with van der Waals surface area (Å²) in [5, 5.41) is 0. The molecular weight excluding hydrogens is 374 g/mol. The van der Waals surface area contributed by atoms with Crippen LogP contribution < -0.4 is 4.90 Å². The number of aromatic nitrogens is 2. The van der Waals surface area contributed by atoms with Crippen LogP contribution in [-0.4, -0.2) is 33.0 Å². The topological polar surface area (TPSA) is 46.1 Å². The third-order valence-electron chi connectivity index (χ3n) is 4.71. The molecule has 2 aliphatic heterocycles. The van der Waals surface area contributed by atoms with Crippen molar-refractivity contribution in [2.75, 3.05) is 23.7 Å². The van der Waals surface area contributed by atoms with E-state index in [2.05, 4.69) is 55.1 Å². The van der Waals surface area contributed by atoms with Gasteiger partial charge in [0.05, 0.1) is 21.4 Å². The van der Waals surface area contributed by atoms with Gasteiger partial charge in [-0.3, -0.25) is 4.21 Å². The first-order valence-electron chi connectivity index (χ1n) is 7.95. The van der Waals surface area contributed by atoms with Crippen LogP contribution in [0.25, 0.3) is 0 Å². The summed E-state index contributed by atoms with van der Waals surface area (Å²) < 4.78 is 12.9. The molecule has 2 aliphatic rings. The van der Waals surface area contributed by atoms with Crippen LogP contribution in [0.4, 0.5) is 5.95 Å². The summed E-state index contributed by atoms with van der Waals surface area (Å²) in [7, 11) is -0.891.